The van der Waals surface area contributed by atoms with Crippen LogP contribution in [-0.2, 0) is 0 Å². The summed E-state index contributed by atoms with van der Waals surface area (Å²) in [5.74, 6) is 0. The lowest BCUT2D eigenvalue weighted by molar-refractivity contribution is 0.299. The van der Waals surface area contributed by atoms with E-state index in [9.17, 15) is 0 Å². The number of nitrogens with zero attached hydrogens (tertiary/aromatic N) is 1. The number of aryl methyl sites for hydroxylation is 1. The molecule has 1 nitrogen and oxygen atoms in total. The summed E-state index contributed by atoms with van der Waals surface area (Å²) < 4.78 is 0. The van der Waals surface area contributed by atoms with Gasteiger partial charge in [-0.25, -0.2) is 0 Å². The molecular weight excluding hydrogens is 158 g/mol. The quantitative estimate of drug-likeness (QED) is 0.542. The Morgan fingerprint density at radius 2 is 1.92 bits per heavy atom. The molecule has 0 aromatic heterocycles. The van der Waals surface area contributed by atoms with Crippen LogP contribution in [0.1, 0.15) is 28.8 Å². The Morgan fingerprint density at radius 3 is 2.69 bits per heavy atom. The van der Waals surface area contributed by atoms with Crippen LogP contribution in [0.4, 0.5) is 0 Å². The van der Waals surface area contributed by atoms with E-state index in [1.165, 1.54) is 16.7 Å². The smallest absolute Gasteiger partial charge is 0.0544 e. The van der Waals surface area contributed by atoms with Crippen LogP contribution in [0.3, 0.4) is 0 Å². The molecule has 0 amide bonds. The van der Waals surface area contributed by atoms with Crippen LogP contribution in [0.2, 0.25) is 0 Å². The zero-order valence-electron chi connectivity index (χ0n) is 7.99. The predicted octanol–water partition coefficient (Wildman–Crippen LogP) is 2.59. The maximum atomic E-state index is 2.43. The van der Waals surface area contributed by atoms with Gasteiger partial charge in [0, 0.05) is 0 Å². The molecule has 0 aliphatic carbocycles. The first kappa shape index (κ1) is 7.34. The minimum Gasteiger partial charge on any atom is -0.285 e. The predicted molar refractivity (Wildman–Crippen MR) is 53.6 cm³/mol. The largest absolute Gasteiger partial charge is 0.285 e. The maximum Gasteiger partial charge on any atom is 0.0544 e. The van der Waals surface area contributed by atoms with Gasteiger partial charge in [0.1, 0.15) is 0 Å². The molecule has 0 spiro atoms. The molecule has 2 aliphatic rings. The second-order valence-corrected chi connectivity index (χ2v) is 4.02. The Bertz CT molecular complexity index is 392. The van der Waals surface area contributed by atoms with Gasteiger partial charge in [-0.2, -0.15) is 0 Å². The molecule has 2 atom stereocenters. The van der Waals surface area contributed by atoms with E-state index in [1.807, 2.05) is 0 Å². The fourth-order valence-corrected chi connectivity index (χ4v) is 2.64. The third-order valence-electron chi connectivity index (χ3n) is 3.33. The molecule has 0 saturated heterocycles. The standard InChI is InChI=1S/C12H13N/c1-8-4-3-5-9-10-6-7-11(12(8)9)13(10)2/h3-7,10-11H,1-2H3/t10-,11+/m1/s1. The number of hydrogen-bond acceptors (Lipinski definition) is 1. The number of likely N-dealkylation sites (N-methyl/N-ethyl adjacent to an activating group) is 1. The number of fused-ring (bicyclic) bond motifs is 5. The first-order chi connectivity index (χ1) is 6.29. The molecule has 66 valence electrons. The SMILES string of the molecule is Cc1cccc2c1[C@@H]1C=C[C@H]2N1C. The molecule has 3 rings (SSSR count). The van der Waals surface area contributed by atoms with Crippen molar-refractivity contribution >= 4 is 0 Å². The van der Waals surface area contributed by atoms with Crippen LogP contribution >= 0.6 is 0 Å². The van der Waals surface area contributed by atoms with E-state index in [4.69, 9.17) is 0 Å². The molecular formula is C12H13N. The van der Waals surface area contributed by atoms with Crippen molar-refractivity contribution in [1.29, 1.82) is 0 Å². The normalized spacial score (nSPS) is 29.7. The van der Waals surface area contributed by atoms with Gasteiger partial charge in [-0.05, 0) is 30.7 Å². The molecule has 0 fully saturated rings. The summed E-state index contributed by atoms with van der Waals surface area (Å²) in [6.45, 7) is 2.21. The van der Waals surface area contributed by atoms with E-state index in [0.29, 0.717) is 12.1 Å². The lowest BCUT2D eigenvalue weighted by Crippen LogP contribution is -2.13. The van der Waals surface area contributed by atoms with Gasteiger partial charge in [0.25, 0.3) is 0 Å². The van der Waals surface area contributed by atoms with Gasteiger partial charge in [-0.3, -0.25) is 4.90 Å². The summed E-state index contributed by atoms with van der Waals surface area (Å²) in [6, 6.07) is 7.71. The highest BCUT2D eigenvalue weighted by Crippen LogP contribution is 2.48. The van der Waals surface area contributed by atoms with Crippen molar-refractivity contribution in [2.75, 3.05) is 7.05 Å². The summed E-state index contributed by atoms with van der Waals surface area (Å²) >= 11 is 0. The van der Waals surface area contributed by atoms with Crippen molar-refractivity contribution in [3.05, 3.63) is 47.0 Å². The summed E-state index contributed by atoms with van der Waals surface area (Å²) in [7, 11) is 2.20. The van der Waals surface area contributed by atoms with Gasteiger partial charge in [0.15, 0.2) is 0 Å². The fourth-order valence-electron chi connectivity index (χ4n) is 2.64. The Kier molecular flexibility index (Phi) is 1.26. The molecule has 13 heavy (non-hydrogen) atoms. The molecule has 0 radical (unpaired) electrons. The van der Waals surface area contributed by atoms with E-state index in [0.717, 1.165) is 0 Å². The van der Waals surface area contributed by atoms with Crippen LogP contribution in [0.5, 0.6) is 0 Å². The summed E-state index contributed by atoms with van der Waals surface area (Å²) in [6.07, 6.45) is 4.63. The van der Waals surface area contributed by atoms with E-state index in [2.05, 4.69) is 49.2 Å². The third kappa shape index (κ3) is 0.755. The topological polar surface area (TPSA) is 3.24 Å². The third-order valence-corrected chi connectivity index (χ3v) is 3.33. The van der Waals surface area contributed by atoms with Crippen molar-refractivity contribution in [3.63, 3.8) is 0 Å². The average Bonchev–Trinajstić information content (AvgIpc) is 2.61. The van der Waals surface area contributed by atoms with Crippen molar-refractivity contribution in [2.24, 2.45) is 0 Å². The number of hydrogen-bond donors (Lipinski definition) is 0. The average molecular weight is 171 g/mol. The molecule has 0 N–H and O–H groups in total. The van der Waals surface area contributed by atoms with E-state index >= 15 is 0 Å². The summed E-state index contributed by atoms with van der Waals surface area (Å²) in [5.41, 5.74) is 4.48. The van der Waals surface area contributed by atoms with Crippen LogP contribution < -0.4 is 0 Å². The van der Waals surface area contributed by atoms with Gasteiger partial charge < -0.3 is 0 Å². The fraction of sp³-hybridized carbons (Fsp3) is 0.333. The molecule has 1 aromatic carbocycles. The Labute approximate surface area is 78.7 Å². The minimum absolute atomic E-state index is 0.542. The molecule has 1 heteroatoms. The Balaban J connectivity index is 2.28. The van der Waals surface area contributed by atoms with E-state index < -0.39 is 0 Å². The maximum absolute atomic E-state index is 2.43. The lowest BCUT2D eigenvalue weighted by Gasteiger charge is -2.14. The first-order valence-electron chi connectivity index (χ1n) is 4.78. The van der Waals surface area contributed by atoms with E-state index in [-0.39, 0.29) is 0 Å². The Hall–Kier alpha value is -1.08. The second kappa shape index (κ2) is 2.24. The van der Waals surface area contributed by atoms with Crippen LogP contribution in [0.25, 0.3) is 0 Å². The van der Waals surface area contributed by atoms with Gasteiger partial charge in [0.2, 0.25) is 0 Å². The number of rotatable bonds is 0. The molecule has 2 heterocycles. The Morgan fingerprint density at radius 1 is 1.15 bits per heavy atom. The molecule has 2 aliphatic heterocycles. The van der Waals surface area contributed by atoms with Crippen molar-refractivity contribution < 1.29 is 0 Å². The van der Waals surface area contributed by atoms with Gasteiger partial charge >= 0.3 is 0 Å². The minimum atomic E-state index is 0.542. The van der Waals surface area contributed by atoms with Gasteiger partial charge in [-0.1, -0.05) is 30.4 Å². The highest BCUT2D eigenvalue weighted by Gasteiger charge is 2.37. The van der Waals surface area contributed by atoms with Gasteiger partial charge in [-0.15, -0.1) is 0 Å². The number of benzene rings is 1. The van der Waals surface area contributed by atoms with Crippen molar-refractivity contribution in [2.45, 2.75) is 19.0 Å². The molecule has 2 bridgehead atoms. The lowest BCUT2D eigenvalue weighted by atomic mass is 9.93. The molecule has 0 saturated carbocycles. The zero-order valence-corrected chi connectivity index (χ0v) is 7.99. The summed E-state index contributed by atoms with van der Waals surface area (Å²) in [5, 5.41) is 0. The molecule has 1 aromatic rings. The van der Waals surface area contributed by atoms with E-state index in [1.54, 1.807) is 0 Å². The summed E-state index contributed by atoms with van der Waals surface area (Å²) in [4.78, 5) is 2.43. The molecule has 0 unspecified atom stereocenters. The first-order valence-corrected chi connectivity index (χ1v) is 4.78. The van der Waals surface area contributed by atoms with Crippen molar-refractivity contribution in [3.8, 4) is 0 Å². The zero-order chi connectivity index (χ0) is 9.00. The van der Waals surface area contributed by atoms with Crippen LogP contribution in [0, 0.1) is 6.92 Å². The van der Waals surface area contributed by atoms with Crippen LogP contribution in [-0.4, -0.2) is 11.9 Å². The van der Waals surface area contributed by atoms with Crippen molar-refractivity contribution in [1.82, 2.24) is 4.90 Å². The van der Waals surface area contributed by atoms with Gasteiger partial charge in [0.05, 0.1) is 12.1 Å². The highest BCUT2D eigenvalue weighted by atomic mass is 15.2. The van der Waals surface area contributed by atoms with Crippen LogP contribution in [0.15, 0.2) is 30.4 Å². The highest BCUT2D eigenvalue weighted by molar-refractivity contribution is 5.49. The second-order valence-electron chi connectivity index (χ2n) is 4.02. The monoisotopic (exact) mass is 171 g/mol.